The van der Waals surface area contributed by atoms with E-state index in [4.69, 9.17) is 10.5 Å². The standard InChI is InChI=1S/C11H17NOS2/c1-13-6-7-15-11-5-3-4-10(14-2)9(11)8-12/h3-5H,6-8,12H2,1-2H3. The average Bonchev–Trinajstić information content (AvgIpc) is 2.29. The molecule has 0 bridgehead atoms. The number of thioether (sulfide) groups is 2. The highest BCUT2D eigenvalue weighted by atomic mass is 32.2. The van der Waals surface area contributed by atoms with Crippen molar-refractivity contribution in [2.24, 2.45) is 5.73 Å². The Morgan fingerprint density at radius 1 is 1.33 bits per heavy atom. The van der Waals surface area contributed by atoms with Gasteiger partial charge in [-0.3, -0.25) is 0 Å². The number of hydrogen-bond acceptors (Lipinski definition) is 4. The molecule has 1 aromatic carbocycles. The minimum atomic E-state index is 0.604. The van der Waals surface area contributed by atoms with E-state index in [2.05, 4.69) is 24.5 Å². The van der Waals surface area contributed by atoms with E-state index >= 15 is 0 Å². The highest BCUT2D eigenvalue weighted by Crippen LogP contribution is 2.29. The van der Waals surface area contributed by atoms with Crippen molar-refractivity contribution < 1.29 is 4.74 Å². The third-order valence-corrected chi connectivity index (χ3v) is 3.95. The summed E-state index contributed by atoms with van der Waals surface area (Å²) in [5, 5.41) is 0. The van der Waals surface area contributed by atoms with E-state index < -0.39 is 0 Å². The lowest BCUT2D eigenvalue weighted by molar-refractivity contribution is 0.218. The van der Waals surface area contributed by atoms with Gasteiger partial charge in [0.15, 0.2) is 0 Å². The summed E-state index contributed by atoms with van der Waals surface area (Å²) in [5.41, 5.74) is 7.03. The minimum Gasteiger partial charge on any atom is -0.384 e. The van der Waals surface area contributed by atoms with Crippen LogP contribution in [0.2, 0.25) is 0 Å². The fourth-order valence-electron chi connectivity index (χ4n) is 1.31. The van der Waals surface area contributed by atoms with E-state index in [-0.39, 0.29) is 0 Å². The first-order valence-corrected chi connectivity index (χ1v) is 7.02. The largest absolute Gasteiger partial charge is 0.384 e. The molecule has 0 spiro atoms. The molecule has 0 unspecified atom stereocenters. The molecule has 0 aromatic heterocycles. The molecule has 1 rings (SSSR count). The van der Waals surface area contributed by atoms with Gasteiger partial charge in [-0.2, -0.15) is 0 Å². The summed E-state index contributed by atoms with van der Waals surface area (Å²) in [6, 6.07) is 6.33. The minimum absolute atomic E-state index is 0.604. The van der Waals surface area contributed by atoms with Crippen LogP contribution >= 0.6 is 23.5 Å². The van der Waals surface area contributed by atoms with Gasteiger partial charge in [0, 0.05) is 29.2 Å². The van der Waals surface area contributed by atoms with Crippen molar-refractivity contribution in [2.45, 2.75) is 16.3 Å². The van der Waals surface area contributed by atoms with Crippen molar-refractivity contribution in [2.75, 3.05) is 25.7 Å². The second-order valence-electron chi connectivity index (χ2n) is 2.98. The summed E-state index contributed by atoms with van der Waals surface area (Å²) in [5.74, 6) is 0.974. The van der Waals surface area contributed by atoms with Crippen molar-refractivity contribution in [1.29, 1.82) is 0 Å². The van der Waals surface area contributed by atoms with Gasteiger partial charge in [-0.25, -0.2) is 0 Å². The molecule has 84 valence electrons. The first kappa shape index (κ1) is 12.9. The Morgan fingerprint density at radius 2 is 2.07 bits per heavy atom. The van der Waals surface area contributed by atoms with Crippen LogP contribution in [-0.4, -0.2) is 25.7 Å². The molecule has 1 aromatic rings. The number of nitrogens with two attached hydrogens (primary N) is 1. The van der Waals surface area contributed by atoms with Crippen molar-refractivity contribution in [3.05, 3.63) is 23.8 Å². The monoisotopic (exact) mass is 243 g/mol. The fraction of sp³-hybridized carbons (Fsp3) is 0.455. The zero-order valence-electron chi connectivity index (χ0n) is 9.16. The van der Waals surface area contributed by atoms with E-state index in [0.717, 1.165) is 12.4 Å². The molecular weight excluding hydrogens is 226 g/mol. The summed E-state index contributed by atoms with van der Waals surface area (Å²) < 4.78 is 5.04. The Bertz CT molecular complexity index is 305. The molecule has 0 aliphatic rings. The van der Waals surface area contributed by atoms with Crippen LogP contribution in [0.25, 0.3) is 0 Å². The van der Waals surface area contributed by atoms with Crippen molar-refractivity contribution in [3.63, 3.8) is 0 Å². The van der Waals surface area contributed by atoms with Crippen LogP contribution in [0.1, 0.15) is 5.56 Å². The van der Waals surface area contributed by atoms with Crippen molar-refractivity contribution in [3.8, 4) is 0 Å². The Kier molecular flexibility index (Phi) is 6.17. The van der Waals surface area contributed by atoms with E-state index in [1.54, 1.807) is 18.9 Å². The van der Waals surface area contributed by atoms with Crippen molar-refractivity contribution in [1.82, 2.24) is 0 Å². The quantitative estimate of drug-likeness (QED) is 0.615. The Morgan fingerprint density at radius 3 is 2.67 bits per heavy atom. The predicted octanol–water partition coefficient (Wildman–Crippen LogP) is 2.61. The molecule has 2 nitrogen and oxygen atoms in total. The highest BCUT2D eigenvalue weighted by molar-refractivity contribution is 7.99. The molecule has 0 atom stereocenters. The summed E-state index contributed by atoms with van der Waals surface area (Å²) in [6.45, 7) is 1.38. The first-order valence-electron chi connectivity index (χ1n) is 4.81. The molecule has 15 heavy (non-hydrogen) atoms. The zero-order chi connectivity index (χ0) is 11.1. The van der Waals surface area contributed by atoms with Crippen molar-refractivity contribution >= 4 is 23.5 Å². The molecule has 2 N–H and O–H groups in total. The predicted molar refractivity (Wildman–Crippen MR) is 68.7 cm³/mol. The zero-order valence-corrected chi connectivity index (χ0v) is 10.8. The van der Waals surface area contributed by atoms with Gasteiger partial charge >= 0.3 is 0 Å². The van der Waals surface area contributed by atoms with Gasteiger partial charge in [0.05, 0.1) is 6.61 Å². The SMILES string of the molecule is COCCSc1cccc(SC)c1CN. The van der Waals surface area contributed by atoms with E-state index in [1.807, 2.05) is 11.8 Å². The van der Waals surface area contributed by atoms with E-state index in [9.17, 15) is 0 Å². The van der Waals surface area contributed by atoms with E-state index in [0.29, 0.717) is 6.54 Å². The van der Waals surface area contributed by atoms with E-state index in [1.165, 1.54) is 15.4 Å². The van der Waals surface area contributed by atoms with Crippen LogP contribution in [-0.2, 0) is 11.3 Å². The molecule has 0 heterocycles. The van der Waals surface area contributed by atoms with Gasteiger partial charge in [0.25, 0.3) is 0 Å². The molecule has 0 saturated carbocycles. The van der Waals surface area contributed by atoms with Gasteiger partial charge < -0.3 is 10.5 Å². The second kappa shape index (κ2) is 7.17. The maximum Gasteiger partial charge on any atom is 0.0556 e. The maximum absolute atomic E-state index is 5.77. The molecule has 0 radical (unpaired) electrons. The van der Waals surface area contributed by atoms with Crippen LogP contribution in [0, 0.1) is 0 Å². The Balaban J connectivity index is 2.76. The first-order chi connectivity index (χ1) is 7.33. The number of rotatable bonds is 6. The van der Waals surface area contributed by atoms with Gasteiger partial charge in [-0.1, -0.05) is 6.07 Å². The second-order valence-corrected chi connectivity index (χ2v) is 4.97. The third-order valence-electron chi connectivity index (χ3n) is 2.06. The van der Waals surface area contributed by atoms with Gasteiger partial charge in [0.1, 0.15) is 0 Å². The lowest BCUT2D eigenvalue weighted by atomic mass is 10.2. The summed E-state index contributed by atoms with van der Waals surface area (Å²) in [7, 11) is 1.72. The smallest absolute Gasteiger partial charge is 0.0556 e. The van der Waals surface area contributed by atoms with Crippen LogP contribution in [0.3, 0.4) is 0 Å². The summed E-state index contributed by atoms with van der Waals surface area (Å²) >= 11 is 3.56. The molecule has 0 saturated heterocycles. The van der Waals surface area contributed by atoms with Gasteiger partial charge in [-0.05, 0) is 24.0 Å². The van der Waals surface area contributed by atoms with Crippen LogP contribution < -0.4 is 5.73 Å². The molecule has 0 fully saturated rings. The molecule has 0 amide bonds. The number of benzene rings is 1. The number of methoxy groups -OCH3 is 1. The topological polar surface area (TPSA) is 35.2 Å². The fourth-order valence-corrected chi connectivity index (χ4v) is 3.04. The van der Waals surface area contributed by atoms with Crippen LogP contribution in [0.5, 0.6) is 0 Å². The van der Waals surface area contributed by atoms with Crippen LogP contribution in [0.4, 0.5) is 0 Å². The van der Waals surface area contributed by atoms with Gasteiger partial charge in [-0.15, -0.1) is 23.5 Å². The highest BCUT2D eigenvalue weighted by Gasteiger charge is 2.06. The summed E-state index contributed by atoms with van der Waals surface area (Å²) in [6.07, 6.45) is 2.08. The number of hydrogen-bond donors (Lipinski definition) is 1. The Hall–Kier alpha value is -0.160. The average molecular weight is 243 g/mol. The normalized spacial score (nSPS) is 10.6. The molecule has 0 aliphatic carbocycles. The lowest BCUT2D eigenvalue weighted by Crippen LogP contribution is -2.01. The lowest BCUT2D eigenvalue weighted by Gasteiger charge is -2.11. The molecular formula is C11H17NOS2. The molecule has 0 aliphatic heterocycles. The summed E-state index contributed by atoms with van der Waals surface area (Å²) in [4.78, 5) is 2.56. The number of ether oxygens (including phenoxy) is 1. The maximum atomic E-state index is 5.77. The third kappa shape index (κ3) is 3.72. The Labute approximate surface area is 100.0 Å². The van der Waals surface area contributed by atoms with Gasteiger partial charge in [0.2, 0.25) is 0 Å². The van der Waals surface area contributed by atoms with Crippen LogP contribution in [0.15, 0.2) is 28.0 Å². The molecule has 4 heteroatoms.